The first kappa shape index (κ1) is 31.6. The molecule has 0 saturated carbocycles. The average molecular weight is 603 g/mol. The minimum atomic E-state index is -0.611. The van der Waals surface area contributed by atoms with Crippen molar-refractivity contribution in [3.05, 3.63) is 82.9 Å². The molecule has 0 aliphatic carbocycles. The predicted octanol–water partition coefficient (Wildman–Crippen LogP) is 6.46. The first-order valence-corrected chi connectivity index (χ1v) is 13.4. The number of carbonyl (C=O) groups excluding carboxylic acids is 2. The van der Waals surface area contributed by atoms with Crippen LogP contribution in [0.25, 0.3) is 11.1 Å². The van der Waals surface area contributed by atoms with Crippen molar-refractivity contribution >= 4 is 11.9 Å². The number of rotatable bonds is 11. The maximum absolute atomic E-state index is 13.1. The number of aryl methyl sites for hydroxylation is 2. The molecule has 4 aromatic carbocycles. The Morgan fingerprint density at radius 2 is 0.818 bits per heavy atom. The first-order valence-electron chi connectivity index (χ1n) is 13.4. The second-order valence-electron chi connectivity index (χ2n) is 9.55. The molecule has 0 atom stereocenters. The van der Waals surface area contributed by atoms with E-state index in [1.54, 1.807) is 36.4 Å². The Morgan fingerprint density at radius 1 is 0.455 bits per heavy atom. The predicted molar refractivity (Wildman–Crippen MR) is 163 cm³/mol. The van der Waals surface area contributed by atoms with Crippen LogP contribution in [0.3, 0.4) is 0 Å². The number of benzene rings is 4. The minimum Gasteiger partial charge on any atom is -0.496 e. The van der Waals surface area contributed by atoms with Crippen LogP contribution in [0.5, 0.6) is 46.0 Å². The van der Waals surface area contributed by atoms with Crippen LogP contribution >= 0.6 is 0 Å². The highest BCUT2D eigenvalue weighted by atomic mass is 16.5. The molecule has 0 spiro atoms. The first-order chi connectivity index (χ1) is 21.2. The van der Waals surface area contributed by atoms with Gasteiger partial charge in [0.15, 0.2) is 23.0 Å². The van der Waals surface area contributed by atoms with Gasteiger partial charge >= 0.3 is 11.9 Å². The second-order valence-corrected chi connectivity index (χ2v) is 9.55. The summed E-state index contributed by atoms with van der Waals surface area (Å²) in [5.41, 5.74) is 3.99. The van der Waals surface area contributed by atoms with Crippen LogP contribution in [0, 0.1) is 13.8 Å². The van der Waals surface area contributed by atoms with Gasteiger partial charge in [0.2, 0.25) is 0 Å². The van der Waals surface area contributed by atoms with E-state index in [1.165, 1.54) is 54.8 Å². The third kappa shape index (κ3) is 6.49. The summed E-state index contributed by atoms with van der Waals surface area (Å²) < 4.78 is 43.3. The lowest BCUT2D eigenvalue weighted by Gasteiger charge is -2.16. The van der Waals surface area contributed by atoms with Crippen LogP contribution in [-0.2, 0) is 0 Å². The van der Waals surface area contributed by atoms with Gasteiger partial charge in [0.25, 0.3) is 0 Å². The zero-order chi connectivity index (χ0) is 32.0. The van der Waals surface area contributed by atoms with Crippen molar-refractivity contribution in [3.63, 3.8) is 0 Å². The number of ether oxygens (including phenoxy) is 8. The number of hydrogen-bond acceptors (Lipinski definition) is 10. The third-order valence-electron chi connectivity index (χ3n) is 6.92. The number of hydrogen-bond donors (Lipinski definition) is 0. The standard InChI is InChI=1S/C34H34O10/c1-19-13-23(44-34(36)25-16-29(40-6)31(42-8)18-27(25)38-4)14-20(2)32(19)21-9-11-22(12-10-21)43-33(35)24-15-28(39-5)30(41-7)17-26(24)37-3/h9-18H,1-8H3. The molecule has 0 saturated heterocycles. The molecule has 4 rings (SSSR count). The van der Waals surface area contributed by atoms with E-state index in [9.17, 15) is 9.59 Å². The van der Waals surface area contributed by atoms with Crippen molar-refractivity contribution in [3.8, 4) is 57.1 Å². The molecule has 0 radical (unpaired) electrons. The molecule has 10 heteroatoms. The van der Waals surface area contributed by atoms with E-state index >= 15 is 0 Å². The Bertz CT molecular complexity index is 1650. The van der Waals surface area contributed by atoms with E-state index in [2.05, 4.69) is 0 Å². The summed E-state index contributed by atoms with van der Waals surface area (Å²) in [6.45, 7) is 3.85. The third-order valence-corrected chi connectivity index (χ3v) is 6.92. The van der Waals surface area contributed by atoms with E-state index < -0.39 is 11.9 Å². The van der Waals surface area contributed by atoms with Crippen LogP contribution in [-0.4, -0.2) is 54.6 Å². The second kappa shape index (κ2) is 13.7. The van der Waals surface area contributed by atoms with Crippen molar-refractivity contribution in [2.75, 3.05) is 42.7 Å². The van der Waals surface area contributed by atoms with Gasteiger partial charge in [-0.25, -0.2) is 9.59 Å². The quantitative estimate of drug-likeness (QED) is 0.140. The molecule has 0 aromatic heterocycles. The molecular weight excluding hydrogens is 568 g/mol. The molecule has 0 N–H and O–H groups in total. The molecule has 0 fully saturated rings. The van der Waals surface area contributed by atoms with Gasteiger partial charge in [-0.1, -0.05) is 12.1 Å². The number of carbonyl (C=O) groups is 2. The van der Waals surface area contributed by atoms with Gasteiger partial charge in [0.05, 0.1) is 42.7 Å². The maximum Gasteiger partial charge on any atom is 0.347 e. The summed E-state index contributed by atoms with van der Waals surface area (Å²) in [5.74, 6) is 1.70. The Morgan fingerprint density at radius 3 is 1.20 bits per heavy atom. The molecule has 4 aromatic rings. The summed E-state index contributed by atoms with van der Waals surface area (Å²) in [6, 6.07) is 16.8. The van der Waals surface area contributed by atoms with Crippen molar-refractivity contribution < 1.29 is 47.5 Å². The van der Waals surface area contributed by atoms with Gasteiger partial charge < -0.3 is 37.9 Å². The number of esters is 2. The molecule has 230 valence electrons. The Kier molecular flexibility index (Phi) is 9.85. The summed E-state index contributed by atoms with van der Waals surface area (Å²) in [7, 11) is 8.88. The van der Waals surface area contributed by atoms with Crippen LogP contribution in [0.15, 0.2) is 60.7 Å². The highest BCUT2D eigenvalue weighted by Crippen LogP contribution is 2.38. The summed E-state index contributed by atoms with van der Waals surface area (Å²) >= 11 is 0. The Labute approximate surface area is 255 Å². The van der Waals surface area contributed by atoms with E-state index in [1.807, 2.05) is 26.0 Å². The highest BCUT2D eigenvalue weighted by Gasteiger charge is 2.22. The molecule has 0 aliphatic rings. The van der Waals surface area contributed by atoms with Gasteiger partial charge in [-0.15, -0.1) is 0 Å². The van der Waals surface area contributed by atoms with E-state index in [0.29, 0.717) is 46.0 Å². The van der Waals surface area contributed by atoms with Gasteiger partial charge in [0, 0.05) is 24.3 Å². The zero-order valence-electron chi connectivity index (χ0n) is 25.9. The fraction of sp³-hybridized carbons (Fsp3) is 0.235. The van der Waals surface area contributed by atoms with Crippen molar-refractivity contribution in [1.29, 1.82) is 0 Å². The van der Waals surface area contributed by atoms with Crippen molar-refractivity contribution in [2.45, 2.75) is 13.8 Å². The largest absolute Gasteiger partial charge is 0.496 e. The van der Waals surface area contributed by atoms with Crippen LogP contribution in [0.2, 0.25) is 0 Å². The molecule has 0 amide bonds. The van der Waals surface area contributed by atoms with Crippen LogP contribution in [0.1, 0.15) is 31.8 Å². The Hall–Kier alpha value is -5.38. The van der Waals surface area contributed by atoms with E-state index in [0.717, 1.165) is 22.3 Å². The Balaban J connectivity index is 1.54. The average Bonchev–Trinajstić information content (AvgIpc) is 3.03. The normalized spacial score (nSPS) is 10.5. The van der Waals surface area contributed by atoms with Crippen molar-refractivity contribution in [2.24, 2.45) is 0 Å². The lowest BCUT2D eigenvalue weighted by Crippen LogP contribution is -2.11. The summed E-state index contributed by atoms with van der Waals surface area (Å²) in [4.78, 5) is 26.1. The minimum absolute atomic E-state index is 0.191. The molecule has 44 heavy (non-hydrogen) atoms. The maximum atomic E-state index is 13.1. The SMILES string of the molecule is COc1cc(OC)c(C(=O)Oc2ccc(-c3c(C)cc(OC(=O)c4cc(OC)c(OC)cc4OC)cc3C)cc2)cc1OC. The summed E-state index contributed by atoms with van der Waals surface area (Å²) in [6.07, 6.45) is 0. The van der Waals surface area contributed by atoms with Crippen LogP contribution < -0.4 is 37.9 Å². The van der Waals surface area contributed by atoms with Crippen LogP contribution in [0.4, 0.5) is 0 Å². The highest BCUT2D eigenvalue weighted by molar-refractivity contribution is 5.96. The van der Waals surface area contributed by atoms with Gasteiger partial charge in [-0.3, -0.25) is 0 Å². The van der Waals surface area contributed by atoms with E-state index in [4.69, 9.17) is 37.9 Å². The zero-order valence-corrected chi connectivity index (χ0v) is 25.9. The molecule has 0 bridgehead atoms. The van der Waals surface area contributed by atoms with Gasteiger partial charge in [-0.05, 0) is 60.4 Å². The lowest BCUT2D eigenvalue weighted by molar-refractivity contribution is 0.0720. The van der Waals surface area contributed by atoms with Crippen molar-refractivity contribution in [1.82, 2.24) is 0 Å². The summed E-state index contributed by atoms with van der Waals surface area (Å²) in [5, 5.41) is 0. The molecule has 0 aliphatic heterocycles. The topological polar surface area (TPSA) is 108 Å². The fourth-order valence-corrected chi connectivity index (χ4v) is 4.83. The molecule has 10 nitrogen and oxygen atoms in total. The van der Waals surface area contributed by atoms with Gasteiger partial charge in [-0.2, -0.15) is 0 Å². The molecule has 0 heterocycles. The monoisotopic (exact) mass is 602 g/mol. The van der Waals surface area contributed by atoms with E-state index in [-0.39, 0.29) is 11.1 Å². The molecular formula is C34H34O10. The lowest BCUT2D eigenvalue weighted by atomic mass is 9.95. The molecule has 0 unspecified atom stereocenters. The van der Waals surface area contributed by atoms with Gasteiger partial charge in [0.1, 0.15) is 34.1 Å². The fourth-order valence-electron chi connectivity index (χ4n) is 4.83. The smallest absolute Gasteiger partial charge is 0.347 e. The number of methoxy groups -OCH3 is 6.